The zero-order valence-corrected chi connectivity index (χ0v) is 10.5. The highest BCUT2D eigenvalue weighted by Gasteiger charge is 1.95. The summed E-state index contributed by atoms with van der Waals surface area (Å²) in [5.74, 6) is 6.20. The van der Waals surface area contributed by atoms with Gasteiger partial charge in [-0.25, -0.2) is 4.79 Å². The topological polar surface area (TPSA) is 60.5 Å². The molecular formula is C13H16N2O3. The van der Waals surface area contributed by atoms with Gasteiger partial charge in [-0.1, -0.05) is 11.8 Å². The Balaban J connectivity index is 2.18. The zero-order valence-electron chi connectivity index (χ0n) is 10.5. The number of amides is 1. The number of hydrogen-bond acceptors (Lipinski definition) is 4. The first-order chi connectivity index (χ1) is 8.72. The van der Waals surface area contributed by atoms with Crippen LogP contribution in [0.3, 0.4) is 0 Å². The van der Waals surface area contributed by atoms with Gasteiger partial charge in [-0.3, -0.25) is 4.98 Å². The number of aryl methyl sites for hydroxylation is 1. The molecule has 1 aromatic heterocycles. The van der Waals surface area contributed by atoms with Crippen molar-refractivity contribution >= 4 is 6.09 Å². The largest absolute Gasteiger partial charge is 0.479 e. The maximum Gasteiger partial charge on any atom is 0.407 e. The number of rotatable bonds is 4. The quantitative estimate of drug-likeness (QED) is 0.821. The van der Waals surface area contributed by atoms with E-state index in [9.17, 15) is 4.79 Å². The molecule has 0 saturated carbocycles. The molecule has 0 saturated heterocycles. The smallest absolute Gasteiger partial charge is 0.407 e. The fourth-order valence-electron chi connectivity index (χ4n) is 1.07. The standard InChI is InChI=1S/C13H16N2O3/c1-3-17-13(16)14-8-4-5-9-18-12-7-6-11(2)15-10-12/h6-7,10H,3,8-9H2,1-2H3,(H,14,16). The lowest BCUT2D eigenvalue weighted by Gasteiger charge is -2.01. The van der Waals surface area contributed by atoms with Crippen molar-refractivity contribution in [3.8, 4) is 17.6 Å². The Morgan fingerprint density at radius 3 is 2.94 bits per heavy atom. The number of nitrogens with one attached hydrogen (secondary N) is 1. The first-order valence-corrected chi connectivity index (χ1v) is 5.64. The van der Waals surface area contributed by atoms with E-state index in [1.807, 2.05) is 19.1 Å². The van der Waals surface area contributed by atoms with Crippen LogP contribution in [0.2, 0.25) is 0 Å². The van der Waals surface area contributed by atoms with Gasteiger partial charge < -0.3 is 14.8 Å². The van der Waals surface area contributed by atoms with Crippen molar-refractivity contribution in [1.29, 1.82) is 0 Å². The predicted octanol–water partition coefficient (Wildman–Crippen LogP) is 1.52. The summed E-state index contributed by atoms with van der Waals surface area (Å²) in [6.07, 6.45) is 1.18. The number of hydrogen-bond donors (Lipinski definition) is 1. The highest BCUT2D eigenvalue weighted by atomic mass is 16.5. The highest BCUT2D eigenvalue weighted by Crippen LogP contribution is 2.07. The second kappa shape index (κ2) is 7.96. The molecule has 5 heteroatoms. The van der Waals surface area contributed by atoms with E-state index in [2.05, 4.69) is 26.9 Å². The molecule has 0 spiro atoms. The second-order valence-corrected chi connectivity index (χ2v) is 3.35. The Labute approximate surface area is 107 Å². The molecule has 0 aliphatic carbocycles. The molecule has 0 atom stereocenters. The monoisotopic (exact) mass is 248 g/mol. The van der Waals surface area contributed by atoms with Gasteiger partial charge in [0, 0.05) is 5.69 Å². The molecule has 1 aromatic rings. The molecule has 1 rings (SSSR count). The number of ether oxygens (including phenoxy) is 2. The zero-order chi connectivity index (χ0) is 13.2. The van der Waals surface area contributed by atoms with Crippen LogP contribution in [0.25, 0.3) is 0 Å². The minimum absolute atomic E-state index is 0.244. The van der Waals surface area contributed by atoms with Gasteiger partial charge in [-0.2, -0.15) is 0 Å². The molecule has 0 fully saturated rings. The predicted molar refractivity (Wildman–Crippen MR) is 67.3 cm³/mol. The summed E-state index contributed by atoms with van der Waals surface area (Å²) in [5, 5.41) is 2.49. The van der Waals surface area contributed by atoms with E-state index in [4.69, 9.17) is 4.74 Å². The fourth-order valence-corrected chi connectivity index (χ4v) is 1.07. The maximum absolute atomic E-state index is 10.9. The van der Waals surface area contributed by atoms with Gasteiger partial charge in [0.1, 0.15) is 12.4 Å². The average Bonchev–Trinajstić information content (AvgIpc) is 2.36. The van der Waals surface area contributed by atoms with Crippen LogP contribution in [-0.2, 0) is 4.74 Å². The van der Waals surface area contributed by atoms with Crippen molar-refractivity contribution in [3.05, 3.63) is 24.0 Å². The van der Waals surface area contributed by atoms with E-state index in [1.54, 1.807) is 13.1 Å². The third-order valence-corrected chi connectivity index (χ3v) is 1.92. The van der Waals surface area contributed by atoms with Crippen molar-refractivity contribution in [2.24, 2.45) is 0 Å². The van der Waals surface area contributed by atoms with E-state index in [0.717, 1.165) is 5.69 Å². The van der Waals surface area contributed by atoms with Crippen molar-refractivity contribution in [1.82, 2.24) is 10.3 Å². The molecule has 0 aliphatic heterocycles. The van der Waals surface area contributed by atoms with E-state index in [1.165, 1.54) is 0 Å². The van der Waals surface area contributed by atoms with Crippen LogP contribution in [0.4, 0.5) is 4.79 Å². The Kier molecular flexibility index (Phi) is 6.12. The van der Waals surface area contributed by atoms with Gasteiger partial charge in [0.15, 0.2) is 0 Å². The van der Waals surface area contributed by atoms with Crippen molar-refractivity contribution in [2.45, 2.75) is 13.8 Å². The van der Waals surface area contributed by atoms with Crippen LogP contribution < -0.4 is 10.1 Å². The van der Waals surface area contributed by atoms with Crippen LogP contribution in [0.1, 0.15) is 12.6 Å². The molecule has 0 unspecified atom stereocenters. The van der Waals surface area contributed by atoms with Crippen LogP contribution in [-0.4, -0.2) is 30.8 Å². The van der Waals surface area contributed by atoms with Gasteiger partial charge in [-0.15, -0.1) is 0 Å². The first kappa shape index (κ1) is 13.8. The summed E-state index contributed by atoms with van der Waals surface area (Å²) >= 11 is 0. The lowest BCUT2D eigenvalue weighted by Crippen LogP contribution is -2.24. The summed E-state index contributed by atoms with van der Waals surface area (Å²) < 4.78 is 10.0. The molecule has 18 heavy (non-hydrogen) atoms. The SMILES string of the molecule is CCOC(=O)NCC#CCOc1ccc(C)nc1. The summed E-state index contributed by atoms with van der Waals surface area (Å²) in [5.41, 5.74) is 0.937. The van der Waals surface area contributed by atoms with Gasteiger partial charge in [0.05, 0.1) is 19.3 Å². The number of nitrogens with zero attached hydrogens (tertiary/aromatic N) is 1. The normalized spacial score (nSPS) is 9.00. The van der Waals surface area contributed by atoms with E-state index in [-0.39, 0.29) is 13.2 Å². The number of alkyl carbamates (subject to hydrolysis) is 1. The molecule has 0 aliphatic rings. The summed E-state index contributed by atoms with van der Waals surface area (Å²) in [6.45, 7) is 4.51. The van der Waals surface area contributed by atoms with Crippen LogP contribution in [0, 0.1) is 18.8 Å². The minimum atomic E-state index is -0.463. The van der Waals surface area contributed by atoms with E-state index in [0.29, 0.717) is 12.4 Å². The van der Waals surface area contributed by atoms with Crippen molar-refractivity contribution < 1.29 is 14.3 Å². The molecule has 0 bridgehead atoms. The van der Waals surface area contributed by atoms with Crippen LogP contribution in [0.5, 0.6) is 5.75 Å². The van der Waals surface area contributed by atoms with Gasteiger partial charge >= 0.3 is 6.09 Å². The number of pyridine rings is 1. The maximum atomic E-state index is 10.9. The molecule has 5 nitrogen and oxygen atoms in total. The Hall–Kier alpha value is -2.22. The lowest BCUT2D eigenvalue weighted by atomic mass is 10.4. The molecule has 0 aromatic carbocycles. The van der Waals surface area contributed by atoms with Crippen LogP contribution in [0.15, 0.2) is 18.3 Å². The molecule has 0 radical (unpaired) electrons. The number of carbonyl (C=O) groups excluding carboxylic acids is 1. The number of aromatic nitrogens is 1. The lowest BCUT2D eigenvalue weighted by molar-refractivity contribution is 0.153. The average molecular weight is 248 g/mol. The van der Waals surface area contributed by atoms with E-state index < -0.39 is 6.09 Å². The summed E-state index contributed by atoms with van der Waals surface area (Å²) in [7, 11) is 0. The third-order valence-electron chi connectivity index (χ3n) is 1.92. The molecule has 1 heterocycles. The Morgan fingerprint density at radius 1 is 1.44 bits per heavy atom. The molecule has 1 N–H and O–H groups in total. The third kappa shape index (κ3) is 5.75. The van der Waals surface area contributed by atoms with Gasteiger partial charge in [0.25, 0.3) is 0 Å². The van der Waals surface area contributed by atoms with Crippen molar-refractivity contribution in [3.63, 3.8) is 0 Å². The second-order valence-electron chi connectivity index (χ2n) is 3.35. The number of carbonyl (C=O) groups is 1. The first-order valence-electron chi connectivity index (χ1n) is 5.64. The molecular weight excluding hydrogens is 232 g/mol. The molecule has 1 amide bonds. The Morgan fingerprint density at radius 2 is 2.28 bits per heavy atom. The molecule has 96 valence electrons. The Bertz CT molecular complexity index is 432. The van der Waals surface area contributed by atoms with Gasteiger partial charge in [-0.05, 0) is 26.0 Å². The van der Waals surface area contributed by atoms with E-state index >= 15 is 0 Å². The highest BCUT2D eigenvalue weighted by molar-refractivity contribution is 5.67. The minimum Gasteiger partial charge on any atom is -0.479 e. The summed E-state index contributed by atoms with van der Waals surface area (Å²) in [6, 6.07) is 3.70. The van der Waals surface area contributed by atoms with Crippen molar-refractivity contribution in [2.75, 3.05) is 19.8 Å². The fraction of sp³-hybridized carbons (Fsp3) is 0.385. The summed E-state index contributed by atoms with van der Waals surface area (Å²) in [4.78, 5) is 15.0. The van der Waals surface area contributed by atoms with Gasteiger partial charge in [0.2, 0.25) is 0 Å². The van der Waals surface area contributed by atoms with Crippen LogP contribution >= 0.6 is 0 Å².